The van der Waals surface area contributed by atoms with E-state index in [4.69, 9.17) is 18.9 Å². The van der Waals surface area contributed by atoms with E-state index < -0.39 is 27.9 Å². The number of ether oxygens (including phenoxy) is 5. The van der Waals surface area contributed by atoms with Crippen molar-refractivity contribution in [1.29, 1.82) is 0 Å². The fraction of sp³-hybridized carbons (Fsp3) is 0.293. The van der Waals surface area contributed by atoms with Crippen LogP contribution in [-0.2, 0) is 28.6 Å². The van der Waals surface area contributed by atoms with Crippen LogP contribution in [0.1, 0.15) is 90.9 Å². The van der Waals surface area contributed by atoms with E-state index in [0.717, 1.165) is 98.2 Å². The molecule has 6 aliphatic rings. The molecule has 2 N–H and O–H groups in total. The van der Waals surface area contributed by atoms with E-state index in [1.54, 1.807) is 31.2 Å². The van der Waals surface area contributed by atoms with Crippen LogP contribution in [0.3, 0.4) is 0 Å². The number of piperidine rings is 6. The van der Waals surface area contributed by atoms with Crippen molar-refractivity contribution in [3.8, 4) is 23.0 Å². The molecule has 6 fully saturated rings. The summed E-state index contributed by atoms with van der Waals surface area (Å²) in [5.74, 6) is 3.31. The average Bonchev–Trinajstić information content (AvgIpc) is 0.771. The maximum absolute atomic E-state index is 13.6. The number of alkyl halides is 1. The Kier molecular flexibility index (Phi) is 44.4. The molecule has 104 heavy (non-hydrogen) atoms. The molecule has 6 heterocycles. The summed E-state index contributed by atoms with van der Waals surface area (Å²) >= 11 is 26.5. The normalized spacial score (nSPS) is 19.3. The number of ketones is 2. The van der Waals surface area contributed by atoms with Crippen molar-refractivity contribution in [3.05, 3.63) is 253 Å². The van der Waals surface area contributed by atoms with Crippen LogP contribution in [-0.4, -0.2) is 109 Å². The molecule has 566 valence electrons. The Hall–Kier alpha value is 1.33. The molecule has 0 aromatic heterocycles. The smallest absolute Gasteiger partial charge is 0.333 e. The van der Waals surface area contributed by atoms with Gasteiger partial charge in [0.1, 0.15) is 42.2 Å². The van der Waals surface area contributed by atoms with E-state index in [0.29, 0.717) is 58.2 Å². The van der Waals surface area contributed by atoms with Crippen LogP contribution in [0.2, 0.25) is 0 Å². The first-order valence-corrected chi connectivity index (χ1v) is 115. The molecular formula is C75H82BrI14N4O10+. The Morgan fingerprint density at radius 2 is 0.837 bits per heavy atom. The number of carbonyl (C=O) groups excluding carboxylic acids is 5. The number of Topliss-reactive ketones (excluding diaryl/α,β-unsaturated/α-hetero) is 2. The van der Waals surface area contributed by atoms with Gasteiger partial charge in [-0.25, -0.2) is 9.59 Å². The number of hydrogen-bond donors (Lipinski definition) is 2. The first-order chi connectivity index (χ1) is 49.7. The maximum Gasteiger partial charge on any atom is 0.333 e. The van der Waals surface area contributed by atoms with Gasteiger partial charge in [-0.3, -0.25) is 19.3 Å². The predicted molar refractivity (Wildman–Crippen MR) is 554 cm³/mol. The van der Waals surface area contributed by atoms with Crippen molar-refractivity contribution in [2.75, 3.05) is 68.4 Å². The molecule has 29 heteroatoms. The van der Waals surface area contributed by atoms with Crippen LogP contribution in [0.25, 0.3) is 0 Å². The fourth-order valence-corrected chi connectivity index (χ4v) is 1690. The molecule has 8 aromatic carbocycles. The van der Waals surface area contributed by atoms with Crippen LogP contribution >= 0.6 is 212 Å². The first kappa shape index (κ1) is 92.5. The summed E-state index contributed by atoms with van der Waals surface area (Å²) in [6.45, 7) is 9.76. The number of nitrogens with zero attached hydrogens (tertiary/aromatic N) is 2. The Morgan fingerprint density at radius 1 is 0.481 bits per heavy atom. The van der Waals surface area contributed by atoms with Gasteiger partial charge in [0.15, 0.2) is 24.0 Å². The molecule has 0 amide bonds. The Balaban J connectivity index is 0.000000204. The second-order valence-electron chi connectivity index (χ2n) is 23.5. The van der Waals surface area contributed by atoms with Gasteiger partial charge in [0, 0.05) is 54.7 Å². The molecule has 6 aliphatic heterocycles. The number of halogens is 15. The summed E-state index contributed by atoms with van der Waals surface area (Å²) in [4.78, 5) is 63.7. The van der Waals surface area contributed by atoms with Gasteiger partial charge in [0.2, 0.25) is 5.78 Å². The molecule has 4 bridgehead atoms. The number of para-hydroxylation sites is 4. The molecule has 14 rings (SSSR count). The second-order valence-corrected chi connectivity index (χ2v) is 316. The van der Waals surface area contributed by atoms with Gasteiger partial charge >= 0.3 is 214 Å². The van der Waals surface area contributed by atoms with E-state index in [2.05, 4.69) is 185 Å². The number of fused-ring (bicyclic) bond motifs is 6. The van der Waals surface area contributed by atoms with Crippen molar-refractivity contribution in [2.24, 2.45) is 11.8 Å². The minimum atomic E-state index is -0.610. The zero-order valence-electron chi connectivity index (χ0n) is 55.7. The van der Waals surface area contributed by atoms with Crippen LogP contribution in [0.15, 0.2) is 231 Å². The number of rotatable bonds is 25. The molecule has 0 spiro atoms. The number of benzene rings is 8. The number of hydrogen-bond acceptors (Lipinski definition) is 13. The number of nitrogens with one attached hydrogen (secondary N) is 2. The van der Waals surface area contributed by atoms with E-state index in [9.17, 15) is 24.0 Å². The van der Waals surface area contributed by atoms with Crippen LogP contribution in [0, 0.1) is 11.8 Å². The summed E-state index contributed by atoms with van der Waals surface area (Å²) in [6, 6.07) is 71.6. The quantitative estimate of drug-likeness (QED) is 0.0139. The summed E-state index contributed by atoms with van der Waals surface area (Å²) in [5, 5.41) is 7.05. The number of anilines is 2. The fourth-order valence-electron chi connectivity index (χ4n) is 11.8. The monoisotopic (exact) mass is 3050 g/mol. The van der Waals surface area contributed by atoms with Gasteiger partial charge in [-0.1, -0.05) is 157 Å². The molecule has 0 saturated carbocycles. The topological polar surface area (TPSA) is 159 Å². The van der Waals surface area contributed by atoms with Crippen molar-refractivity contribution < 1.29 is 52.1 Å². The van der Waals surface area contributed by atoms with E-state index >= 15 is 0 Å². The van der Waals surface area contributed by atoms with Crippen LogP contribution < -0.4 is 20.1 Å². The minimum absolute atomic E-state index is 0. The molecule has 6 saturated heterocycles. The van der Waals surface area contributed by atoms with Crippen LogP contribution in [0.4, 0.5) is 11.4 Å². The minimum Gasteiger partial charge on any atom is -0.459 e. The standard InChI is InChI=1S/C35H35N2O4.C21H24N2O2.C14H11BrO2.C4H8O2.CH4.I14/c38-32(26-16-18-31(19-17-26)40-30-14-8-3-9-15-30)24-37-22-20-27(21-23-37)33(25-37)41-35(39)34(28-10-4-1-5-11-28)36-29-12-6-2-7-13-29;24-21(25-19-15-23-13-11-16(19)12-14-23)20(17-7-3-1-4-8-17)22-18-9-5-2-6-10-18;15-10-14(16)11-6-8-13(9-7-11)17-12-4-2-1-3-5-12;1-3-6-4(2)5;;1-9(2)11(5)13(7)14(8)12(6)10(3)4/h1-19,27,33-34,36H,20-25H2;1-10,16,19-20,22H,11-15H2;1-9H,10H2;3H2,1-2H3;1H4;/q+1;;;;;/t27?,33-,34+,37?;19-,20+;;;;/m00..../s1. The molecule has 8 aromatic rings. The van der Waals surface area contributed by atoms with Crippen molar-refractivity contribution in [1.82, 2.24) is 4.90 Å². The van der Waals surface area contributed by atoms with Gasteiger partial charge in [-0.05, 0) is 147 Å². The molecule has 14 nitrogen and oxygen atoms in total. The third kappa shape index (κ3) is 31.2. The van der Waals surface area contributed by atoms with Gasteiger partial charge in [-0.15, -0.1) is 0 Å². The largest absolute Gasteiger partial charge is 0.459 e. The summed E-state index contributed by atoms with van der Waals surface area (Å²) in [6.07, 6.45) is 4.01. The van der Waals surface area contributed by atoms with Crippen molar-refractivity contribution >= 4 is 253 Å². The summed E-state index contributed by atoms with van der Waals surface area (Å²) in [5.41, 5.74) is 4.93. The molecule has 0 radical (unpaired) electrons. The predicted octanol–water partition coefficient (Wildman–Crippen LogP) is 27.8. The molecule has 0 unspecified atom stereocenters. The van der Waals surface area contributed by atoms with Gasteiger partial charge in [-0.2, -0.15) is 0 Å². The zero-order chi connectivity index (χ0) is 73.7. The Labute approximate surface area is 722 Å². The number of quaternary nitrogens is 1. The SMILES string of the molecule is C.CCOC(C)=O.II(I)I(I)I(I)I(I)I(I)I(I)I.O=C(CBr)c1ccc(Oc2ccccc2)cc1.O=C(C[N+]12CCC(CC1)[C@@H](OC(=O)[C@H](Nc1ccccc1)c1ccccc1)C2)c1ccc(Oc2ccccc2)cc1.O=C(O[C@H]1CN2CCC1CC2)[C@H](Nc1ccccc1)c1ccccc1. The summed E-state index contributed by atoms with van der Waals surface area (Å²) in [7, 11) is -2.16. The Bertz CT molecular complexity index is 3840. The first-order valence-electron chi connectivity index (χ1n) is 32.4. The van der Waals surface area contributed by atoms with E-state index in [1.165, 1.54) is 6.92 Å². The van der Waals surface area contributed by atoms with Crippen molar-refractivity contribution in [2.45, 2.75) is 71.2 Å². The van der Waals surface area contributed by atoms with Gasteiger partial charge in [0.25, 0.3) is 0 Å². The van der Waals surface area contributed by atoms with Crippen molar-refractivity contribution in [3.63, 3.8) is 0 Å². The Morgan fingerprint density at radius 3 is 1.18 bits per heavy atom. The third-order valence-electron chi connectivity index (χ3n) is 16.7. The maximum atomic E-state index is 13.6. The molecular weight excluding hydrogens is 2970 g/mol. The van der Waals surface area contributed by atoms with Gasteiger partial charge < -0.3 is 38.8 Å². The average molecular weight is 3060 g/mol. The zero-order valence-corrected chi connectivity index (χ0v) is 87.5. The molecule has 4 atom stereocenters. The van der Waals surface area contributed by atoms with E-state index in [-0.39, 0.29) is 80.7 Å². The second kappa shape index (κ2) is 50.0. The third-order valence-corrected chi connectivity index (χ3v) is 843. The van der Waals surface area contributed by atoms with Gasteiger partial charge in [0.05, 0.1) is 25.0 Å². The number of esters is 3. The summed E-state index contributed by atoms with van der Waals surface area (Å²) < 4.78 is 28.8. The number of carbonyl (C=O) groups is 5. The van der Waals surface area contributed by atoms with Crippen LogP contribution in [0.5, 0.6) is 23.0 Å². The van der Waals surface area contributed by atoms with E-state index in [1.807, 2.05) is 206 Å². The molecule has 0 aliphatic carbocycles.